The molecule has 3 atom stereocenters. The first kappa shape index (κ1) is 19.8. The zero-order chi connectivity index (χ0) is 18.3. The molecule has 0 bridgehead atoms. The van der Waals surface area contributed by atoms with Gasteiger partial charge in [-0.15, -0.1) is 0 Å². The van der Waals surface area contributed by atoms with Crippen LogP contribution in [-0.2, 0) is 20.7 Å². The predicted octanol–water partition coefficient (Wildman–Crippen LogP) is 1.97. The number of methoxy groups -OCH3 is 1. The van der Waals surface area contributed by atoms with E-state index in [-0.39, 0.29) is 17.9 Å². The first-order valence-electron chi connectivity index (χ1n) is 8.75. The smallest absolute Gasteiger partial charge is 0.242 e. The molecule has 1 aromatic rings. The highest BCUT2D eigenvalue weighted by Gasteiger charge is 2.43. The van der Waals surface area contributed by atoms with E-state index in [1.54, 1.807) is 14.2 Å². The standard InChI is InChI=1S/C19H28N2O3S/c1-20-17(22)16(11-14-7-4-3-5-8-14)21-18(23)19(13-25)10-6-9-15(12-19)24-2/h3-5,7-8,15-16,25H,6,9-13H2,1-2H3,(H,20,22)(H,21,23)/t15-,16?,19?/m0/s1. The molecule has 2 rings (SSSR count). The average Bonchev–Trinajstić information content (AvgIpc) is 2.67. The molecule has 25 heavy (non-hydrogen) atoms. The second-order valence-electron chi connectivity index (χ2n) is 6.72. The highest BCUT2D eigenvalue weighted by Crippen LogP contribution is 2.38. The van der Waals surface area contributed by atoms with Crippen LogP contribution >= 0.6 is 12.6 Å². The van der Waals surface area contributed by atoms with Crippen molar-refractivity contribution in [2.45, 2.75) is 44.2 Å². The number of ether oxygens (including phenoxy) is 1. The molecular weight excluding hydrogens is 336 g/mol. The zero-order valence-corrected chi connectivity index (χ0v) is 15.9. The normalized spacial score (nSPS) is 24.4. The summed E-state index contributed by atoms with van der Waals surface area (Å²) >= 11 is 4.45. The third kappa shape index (κ3) is 4.98. The number of hydrogen-bond acceptors (Lipinski definition) is 4. The lowest BCUT2D eigenvalue weighted by molar-refractivity contribution is -0.137. The van der Waals surface area contributed by atoms with Crippen LogP contribution in [-0.4, -0.2) is 43.9 Å². The SMILES string of the molecule is CNC(=O)C(Cc1ccccc1)NC(=O)C1(CS)CCC[C@H](OC)C1. The molecule has 2 N–H and O–H groups in total. The van der Waals surface area contributed by atoms with E-state index >= 15 is 0 Å². The van der Waals surface area contributed by atoms with Crippen molar-refractivity contribution in [3.8, 4) is 0 Å². The van der Waals surface area contributed by atoms with Crippen molar-refractivity contribution in [3.63, 3.8) is 0 Å². The van der Waals surface area contributed by atoms with Crippen LogP contribution in [0.3, 0.4) is 0 Å². The van der Waals surface area contributed by atoms with Crippen LogP contribution < -0.4 is 10.6 Å². The lowest BCUT2D eigenvalue weighted by atomic mass is 9.73. The van der Waals surface area contributed by atoms with Gasteiger partial charge in [-0.1, -0.05) is 30.3 Å². The molecule has 1 aliphatic carbocycles. The van der Waals surface area contributed by atoms with Crippen LogP contribution in [0, 0.1) is 5.41 Å². The molecule has 0 heterocycles. The van der Waals surface area contributed by atoms with E-state index in [1.807, 2.05) is 30.3 Å². The van der Waals surface area contributed by atoms with Gasteiger partial charge < -0.3 is 15.4 Å². The van der Waals surface area contributed by atoms with Crippen LogP contribution in [0.1, 0.15) is 31.2 Å². The van der Waals surface area contributed by atoms with Gasteiger partial charge in [-0.25, -0.2) is 0 Å². The zero-order valence-electron chi connectivity index (χ0n) is 15.0. The highest BCUT2D eigenvalue weighted by atomic mass is 32.1. The van der Waals surface area contributed by atoms with Gasteiger partial charge in [0.15, 0.2) is 0 Å². The van der Waals surface area contributed by atoms with Gasteiger partial charge in [0, 0.05) is 26.3 Å². The molecule has 2 amide bonds. The minimum atomic E-state index is -0.598. The second-order valence-corrected chi connectivity index (χ2v) is 7.04. The molecular formula is C19H28N2O3S. The maximum absolute atomic E-state index is 13.0. The number of benzene rings is 1. The Labute approximate surface area is 155 Å². The van der Waals surface area contributed by atoms with E-state index < -0.39 is 11.5 Å². The number of amides is 2. The monoisotopic (exact) mass is 364 g/mol. The van der Waals surface area contributed by atoms with Crippen LogP contribution in [0.5, 0.6) is 0 Å². The van der Waals surface area contributed by atoms with Crippen LogP contribution in [0.4, 0.5) is 0 Å². The summed E-state index contributed by atoms with van der Waals surface area (Å²) < 4.78 is 5.47. The topological polar surface area (TPSA) is 67.4 Å². The minimum Gasteiger partial charge on any atom is -0.381 e. The van der Waals surface area contributed by atoms with Gasteiger partial charge in [0.05, 0.1) is 11.5 Å². The number of rotatable bonds is 7. The fourth-order valence-corrected chi connectivity index (χ4v) is 3.91. The first-order valence-corrected chi connectivity index (χ1v) is 9.38. The van der Waals surface area contributed by atoms with Crippen molar-refractivity contribution in [2.75, 3.05) is 19.9 Å². The van der Waals surface area contributed by atoms with Crippen molar-refractivity contribution in [3.05, 3.63) is 35.9 Å². The van der Waals surface area contributed by atoms with Crippen LogP contribution in [0.15, 0.2) is 30.3 Å². The first-order chi connectivity index (χ1) is 12.0. The molecule has 1 aromatic carbocycles. The van der Waals surface area contributed by atoms with Crippen LogP contribution in [0.2, 0.25) is 0 Å². The van der Waals surface area contributed by atoms with Gasteiger partial charge in [-0.2, -0.15) is 12.6 Å². The van der Waals surface area contributed by atoms with Gasteiger partial charge in [0.25, 0.3) is 0 Å². The molecule has 5 nitrogen and oxygen atoms in total. The Bertz CT molecular complexity index is 581. The number of likely N-dealkylation sites (N-methyl/N-ethyl adjacent to an activating group) is 1. The number of carbonyl (C=O) groups is 2. The van der Waals surface area contributed by atoms with Gasteiger partial charge >= 0.3 is 0 Å². The third-order valence-corrected chi connectivity index (χ3v) is 5.67. The van der Waals surface area contributed by atoms with Gasteiger partial charge in [0.2, 0.25) is 11.8 Å². The summed E-state index contributed by atoms with van der Waals surface area (Å²) in [5, 5.41) is 5.61. The molecule has 2 unspecified atom stereocenters. The Hall–Kier alpha value is -1.53. The Morgan fingerprint density at radius 1 is 1.36 bits per heavy atom. The lowest BCUT2D eigenvalue weighted by Crippen LogP contribution is -2.54. The molecule has 1 aliphatic rings. The van der Waals surface area contributed by atoms with Gasteiger partial charge in [-0.05, 0) is 31.2 Å². The molecule has 138 valence electrons. The van der Waals surface area contributed by atoms with Gasteiger partial charge in [0.1, 0.15) is 6.04 Å². The summed E-state index contributed by atoms with van der Waals surface area (Å²) in [4.78, 5) is 25.3. The van der Waals surface area contributed by atoms with Crippen LogP contribution in [0.25, 0.3) is 0 Å². The summed E-state index contributed by atoms with van der Waals surface area (Å²) in [5.74, 6) is 0.157. The average molecular weight is 365 g/mol. The highest BCUT2D eigenvalue weighted by molar-refractivity contribution is 7.80. The molecule has 0 radical (unpaired) electrons. The van der Waals surface area contributed by atoms with Crippen molar-refractivity contribution in [2.24, 2.45) is 5.41 Å². The molecule has 0 aromatic heterocycles. The summed E-state index contributed by atoms with van der Waals surface area (Å²) in [7, 11) is 3.27. The number of carbonyl (C=O) groups excluding carboxylic acids is 2. The third-order valence-electron chi connectivity index (χ3n) is 5.07. The Morgan fingerprint density at radius 3 is 2.68 bits per heavy atom. The molecule has 0 aliphatic heterocycles. The van der Waals surface area contributed by atoms with E-state index in [1.165, 1.54) is 0 Å². The van der Waals surface area contributed by atoms with E-state index in [0.717, 1.165) is 24.8 Å². The van der Waals surface area contributed by atoms with E-state index in [0.29, 0.717) is 18.6 Å². The lowest BCUT2D eigenvalue weighted by Gasteiger charge is -2.39. The second kappa shape index (κ2) is 9.25. The summed E-state index contributed by atoms with van der Waals surface area (Å²) in [5.41, 5.74) is 0.431. The largest absolute Gasteiger partial charge is 0.381 e. The molecule has 1 saturated carbocycles. The number of hydrogen-bond donors (Lipinski definition) is 3. The maximum Gasteiger partial charge on any atom is 0.242 e. The van der Waals surface area contributed by atoms with E-state index in [9.17, 15) is 9.59 Å². The Morgan fingerprint density at radius 2 is 2.08 bits per heavy atom. The summed E-state index contributed by atoms with van der Waals surface area (Å²) in [6.45, 7) is 0. The van der Waals surface area contributed by atoms with Crippen molar-refractivity contribution in [1.82, 2.24) is 10.6 Å². The maximum atomic E-state index is 13.0. The predicted molar refractivity (Wildman–Crippen MR) is 102 cm³/mol. The van der Waals surface area contributed by atoms with Crippen molar-refractivity contribution >= 4 is 24.4 Å². The quantitative estimate of drug-likeness (QED) is 0.648. The molecule has 0 saturated heterocycles. The summed E-state index contributed by atoms with van der Waals surface area (Å²) in [6.07, 6.45) is 3.83. The Balaban J connectivity index is 2.13. The van der Waals surface area contributed by atoms with E-state index in [2.05, 4.69) is 23.3 Å². The minimum absolute atomic E-state index is 0.0687. The molecule has 6 heteroatoms. The summed E-state index contributed by atoms with van der Waals surface area (Å²) in [6, 6.07) is 9.10. The molecule has 1 fully saturated rings. The van der Waals surface area contributed by atoms with Gasteiger partial charge in [-0.3, -0.25) is 9.59 Å². The van der Waals surface area contributed by atoms with E-state index in [4.69, 9.17) is 4.74 Å². The number of nitrogens with one attached hydrogen (secondary N) is 2. The van der Waals surface area contributed by atoms with Crippen molar-refractivity contribution < 1.29 is 14.3 Å². The fraction of sp³-hybridized carbons (Fsp3) is 0.579. The molecule has 0 spiro atoms. The number of thiol groups is 1. The Kier molecular flexibility index (Phi) is 7.32. The van der Waals surface area contributed by atoms with Crippen molar-refractivity contribution in [1.29, 1.82) is 0 Å². The fourth-order valence-electron chi connectivity index (χ4n) is 3.48.